The van der Waals surface area contributed by atoms with Gasteiger partial charge in [0.25, 0.3) is 0 Å². The molecular formula is C17H17NS2. The van der Waals surface area contributed by atoms with Crippen molar-refractivity contribution in [3.63, 3.8) is 0 Å². The second-order valence-electron chi connectivity index (χ2n) is 5.47. The Kier molecular flexibility index (Phi) is 3.14. The molecule has 0 bridgehead atoms. The zero-order valence-electron chi connectivity index (χ0n) is 11.3. The van der Waals surface area contributed by atoms with E-state index in [4.69, 9.17) is 5.73 Å². The van der Waals surface area contributed by atoms with E-state index in [2.05, 4.69) is 35.7 Å². The summed E-state index contributed by atoms with van der Waals surface area (Å²) < 4.78 is 1.34. The Labute approximate surface area is 127 Å². The van der Waals surface area contributed by atoms with E-state index in [1.807, 2.05) is 11.3 Å². The van der Waals surface area contributed by atoms with Crippen LogP contribution in [0.5, 0.6) is 0 Å². The second-order valence-corrected chi connectivity index (χ2v) is 7.55. The maximum absolute atomic E-state index is 6.57. The molecule has 1 aliphatic carbocycles. The summed E-state index contributed by atoms with van der Waals surface area (Å²) >= 11 is 3.73. The van der Waals surface area contributed by atoms with Crippen LogP contribution in [0.3, 0.4) is 0 Å². The normalized spacial score (nSPS) is 16.2. The Morgan fingerprint density at radius 2 is 2.00 bits per heavy atom. The van der Waals surface area contributed by atoms with Crippen LogP contribution >= 0.6 is 22.7 Å². The molecule has 1 unspecified atom stereocenters. The minimum Gasteiger partial charge on any atom is -0.320 e. The van der Waals surface area contributed by atoms with Crippen molar-refractivity contribution in [3.8, 4) is 0 Å². The molecule has 3 aromatic rings. The summed E-state index contributed by atoms with van der Waals surface area (Å²) in [5.41, 5.74) is 9.39. The molecule has 1 aliphatic rings. The van der Waals surface area contributed by atoms with Crippen molar-refractivity contribution >= 4 is 32.8 Å². The summed E-state index contributed by atoms with van der Waals surface area (Å²) in [6.07, 6.45) is 5.15. The van der Waals surface area contributed by atoms with Crippen LogP contribution in [0.2, 0.25) is 0 Å². The molecule has 0 amide bonds. The number of fused-ring (bicyclic) bond motifs is 2. The molecule has 0 aliphatic heterocycles. The lowest BCUT2D eigenvalue weighted by molar-refractivity contribution is 0.696. The van der Waals surface area contributed by atoms with Gasteiger partial charge in [0.15, 0.2) is 0 Å². The number of nitrogens with two attached hydrogens (primary N) is 1. The molecule has 1 atom stereocenters. The molecule has 1 nitrogen and oxygen atoms in total. The summed E-state index contributed by atoms with van der Waals surface area (Å²) in [6, 6.07) is 11.0. The molecule has 0 fully saturated rings. The van der Waals surface area contributed by atoms with E-state index in [0.717, 1.165) is 0 Å². The molecule has 3 heteroatoms. The van der Waals surface area contributed by atoms with Gasteiger partial charge < -0.3 is 5.73 Å². The van der Waals surface area contributed by atoms with E-state index in [-0.39, 0.29) is 6.04 Å². The number of thiophene rings is 2. The fraction of sp³-hybridized carbons (Fsp3) is 0.294. The van der Waals surface area contributed by atoms with Crippen molar-refractivity contribution in [1.29, 1.82) is 0 Å². The van der Waals surface area contributed by atoms with Gasteiger partial charge in [-0.15, -0.1) is 22.7 Å². The third kappa shape index (κ3) is 2.01. The van der Waals surface area contributed by atoms with Gasteiger partial charge in [0.05, 0.1) is 6.04 Å². The first-order valence-corrected chi connectivity index (χ1v) is 8.86. The summed E-state index contributed by atoms with van der Waals surface area (Å²) in [5, 5.41) is 3.46. The van der Waals surface area contributed by atoms with Gasteiger partial charge in [-0.2, -0.15) is 0 Å². The van der Waals surface area contributed by atoms with E-state index in [1.165, 1.54) is 46.2 Å². The maximum atomic E-state index is 6.57. The molecule has 102 valence electrons. The van der Waals surface area contributed by atoms with E-state index >= 15 is 0 Å². The Morgan fingerprint density at radius 1 is 1.10 bits per heavy atom. The average Bonchev–Trinajstić information content (AvgIpc) is 3.12. The molecule has 1 aromatic carbocycles. The van der Waals surface area contributed by atoms with Gasteiger partial charge in [-0.05, 0) is 59.7 Å². The van der Waals surface area contributed by atoms with Crippen molar-refractivity contribution in [3.05, 3.63) is 56.6 Å². The molecule has 4 rings (SSSR count). The van der Waals surface area contributed by atoms with Gasteiger partial charge in [-0.25, -0.2) is 0 Å². The van der Waals surface area contributed by atoms with Gasteiger partial charge in [-0.3, -0.25) is 0 Å². The van der Waals surface area contributed by atoms with Crippen molar-refractivity contribution < 1.29 is 0 Å². The zero-order chi connectivity index (χ0) is 13.5. The first-order valence-electron chi connectivity index (χ1n) is 7.16. The van der Waals surface area contributed by atoms with E-state index < -0.39 is 0 Å². The number of aryl methyl sites for hydroxylation is 2. The minimum atomic E-state index is 0.0212. The third-order valence-corrected chi connectivity index (χ3v) is 6.47. The topological polar surface area (TPSA) is 26.0 Å². The Balaban J connectivity index is 1.78. The van der Waals surface area contributed by atoms with Gasteiger partial charge in [0.1, 0.15) is 0 Å². The van der Waals surface area contributed by atoms with E-state index in [0.29, 0.717) is 0 Å². The van der Waals surface area contributed by atoms with Crippen LogP contribution in [0.15, 0.2) is 35.7 Å². The van der Waals surface area contributed by atoms with Crippen LogP contribution in [-0.2, 0) is 12.8 Å². The van der Waals surface area contributed by atoms with Crippen molar-refractivity contribution in [1.82, 2.24) is 0 Å². The fourth-order valence-electron chi connectivity index (χ4n) is 3.08. The molecule has 0 spiro atoms. The largest absolute Gasteiger partial charge is 0.320 e. The smallest absolute Gasteiger partial charge is 0.0660 e. The maximum Gasteiger partial charge on any atom is 0.0660 e. The highest BCUT2D eigenvalue weighted by atomic mass is 32.1. The average molecular weight is 299 g/mol. The van der Waals surface area contributed by atoms with Crippen LogP contribution in [0.1, 0.15) is 39.8 Å². The highest BCUT2D eigenvalue weighted by Gasteiger charge is 2.19. The highest BCUT2D eigenvalue weighted by molar-refractivity contribution is 7.17. The standard InChI is InChI=1S/C17H17NS2/c18-16(13-6-3-5-11-8-9-19-17(11)13)15-10-12-4-1-2-7-14(12)20-15/h3,5-6,8-10,16H,1-2,4,7,18H2. The summed E-state index contributed by atoms with van der Waals surface area (Å²) in [5.74, 6) is 0. The van der Waals surface area contributed by atoms with Crippen LogP contribution < -0.4 is 5.73 Å². The summed E-state index contributed by atoms with van der Waals surface area (Å²) in [6.45, 7) is 0. The lowest BCUT2D eigenvalue weighted by Crippen LogP contribution is -2.10. The molecule has 20 heavy (non-hydrogen) atoms. The molecule has 2 N–H and O–H groups in total. The lowest BCUT2D eigenvalue weighted by atomic mass is 9.98. The predicted molar refractivity (Wildman–Crippen MR) is 88.8 cm³/mol. The van der Waals surface area contributed by atoms with E-state index in [1.54, 1.807) is 21.8 Å². The van der Waals surface area contributed by atoms with Gasteiger partial charge in [0.2, 0.25) is 0 Å². The third-order valence-electron chi connectivity index (χ3n) is 4.17. The number of hydrogen-bond acceptors (Lipinski definition) is 3. The van der Waals surface area contributed by atoms with Gasteiger partial charge >= 0.3 is 0 Å². The van der Waals surface area contributed by atoms with Gasteiger partial charge in [0, 0.05) is 14.5 Å². The summed E-state index contributed by atoms with van der Waals surface area (Å²) in [7, 11) is 0. The molecule has 0 saturated carbocycles. The van der Waals surface area contributed by atoms with Gasteiger partial charge in [-0.1, -0.05) is 18.2 Å². The number of rotatable bonds is 2. The van der Waals surface area contributed by atoms with Crippen LogP contribution in [0, 0.1) is 0 Å². The van der Waals surface area contributed by atoms with Crippen molar-refractivity contribution in [2.75, 3.05) is 0 Å². The molecule has 0 radical (unpaired) electrons. The lowest BCUT2D eigenvalue weighted by Gasteiger charge is -2.11. The summed E-state index contributed by atoms with van der Waals surface area (Å²) in [4.78, 5) is 2.90. The first-order chi connectivity index (χ1) is 9.83. The Bertz CT molecular complexity index is 730. The SMILES string of the molecule is NC(c1cc2c(s1)CCCC2)c1cccc2ccsc12. The van der Waals surface area contributed by atoms with Crippen molar-refractivity contribution in [2.24, 2.45) is 5.73 Å². The molecular weight excluding hydrogens is 282 g/mol. The molecule has 2 aromatic heterocycles. The number of hydrogen-bond donors (Lipinski definition) is 1. The first kappa shape index (κ1) is 12.6. The van der Waals surface area contributed by atoms with Crippen molar-refractivity contribution in [2.45, 2.75) is 31.7 Å². The van der Waals surface area contributed by atoms with Crippen LogP contribution in [0.4, 0.5) is 0 Å². The predicted octanol–water partition coefficient (Wildman–Crippen LogP) is 4.89. The second kappa shape index (κ2) is 4.99. The zero-order valence-corrected chi connectivity index (χ0v) is 12.9. The van der Waals surface area contributed by atoms with E-state index in [9.17, 15) is 0 Å². The Morgan fingerprint density at radius 3 is 2.90 bits per heavy atom. The monoisotopic (exact) mass is 299 g/mol. The number of benzene rings is 1. The van der Waals surface area contributed by atoms with Crippen LogP contribution in [-0.4, -0.2) is 0 Å². The minimum absolute atomic E-state index is 0.0212. The highest BCUT2D eigenvalue weighted by Crippen LogP contribution is 2.37. The molecule has 2 heterocycles. The molecule has 0 saturated heterocycles. The Hall–Kier alpha value is -1.16. The quantitative estimate of drug-likeness (QED) is 0.716. The van der Waals surface area contributed by atoms with Crippen LogP contribution in [0.25, 0.3) is 10.1 Å². The fourth-order valence-corrected chi connectivity index (χ4v) is 5.31.